The van der Waals surface area contributed by atoms with Crippen molar-refractivity contribution in [2.45, 2.75) is 38.3 Å². The van der Waals surface area contributed by atoms with E-state index in [4.69, 9.17) is 5.11 Å². The fraction of sp³-hybridized carbons (Fsp3) is 0.333. The summed E-state index contributed by atoms with van der Waals surface area (Å²) in [5, 5.41) is 10.9. The number of nitrogens with zero attached hydrogens (tertiary/aromatic N) is 1. The van der Waals surface area contributed by atoms with Gasteiger partial charge in [-0.1, -0.05) is 18.2 Å². The molecule has 4 nitrogen and oxygen atoms in total. The quantitative estimate of drug-likeness (QED) is 0.845. The van der Waals surface area contributed by atoms with Crippen molar-refractivity contribution in [3.63, 3.8) is 0 Å². The average molecular weight is 329 g/mol. The van der Waals surface area contributed by atoms with Gasteiger partial charge in [-0.25, -0.2) is 4.79 Å². The number of carbonyl (C=O) groups excluding carboxylic acids is 1. The van der Waals surface area contributed by atoms with Crippen molar-refractivity contribution < 1.29 is 14.7 Å². The fourth-order valence-corrected chi connectivity index (χ4v) is 3.29. The number of rotatable bonds is 7. The molecule has 1 aromatic carbocycles. The summed E-state index contributed by atoms with van der Waals surface area (Å²) in [6.45, 7) is 0.707. The molecule has 1 N–H and O–H groups in total. The van der Waals surface area contributed by atoms with Crippen LogP contribution < -0.4 is 0 Å². The van der Waals surface area contributed by atoms with Gasteiger partial charge in [0.2, 0.25) is 5.91 Å². The highest BCUT2D eigenvalue weighted by Crippen LogP contribution is 2.30. The van der Waals surface area contributed by atoms with E-state index in [1.54, 1.807) is 35.6 Å². The van der Waals surface area contributed by atoms with Crippen LogP contribution in [-0.4, -0.2) is 27.9 Å². The van der Waals surface area contributed by atoms with Crippen molar-refractivity contribution in [2.24, 2.45) is 0 Å². The van der Waals surface area contributed by atoms with Crippen molar-refractivity contribution in [3.05, 3.63) is 57.8 Å². The summed E-state index contributed by atoms with van der Waals surface area (Å²) in [5.41, 5.74) is 1.27. The summed E-state index contributed by atoms with van der Waals surface area (Å²) in [4.78, 5) is 26.6. The molecule has 1 aliphatic rings. The number of aromatic carboxylic acids is 1. The number of amides is 1. The molecule has 1 aromatic heterocycles. The maximum absolute atomic E-state index is 12.5. The minimum absolute atomic E-state index is 0.184. The molecule has 3 rings (SSSR count). The molecular formula is C18H19NO3S. The third kappa shape index (κ3) is 4.20. The lowest BCUT2D eigenvalue weighted by Crippen LogP contribution is -2.32. The molecular weight excluding hydrogens is 310 g/mol. The number of thiophene rings is 1. The Morgan fingerprint density at radius 3 is 2.48 bits per heavy atom. The SMILES string of the molecule is O=C(O)c1ccc(CCC(=O)N(Cc2cccs2)C2CC2)cc1. The van der Waals surface area contributed by atoms with Gasteiger partial charge in [0.05, 0.1) is 12.1 Å². The number of benzene rings is 1. The number of aryl methyl sites for hydroxylation is 1. The topological polar surface area (TPSA) is 57.6 Å². The minimum Gasteiger partial charge on any atom is -0.478 e. The van der Waals surface area contributed by atoms with Crippen LogP contribution in [0.3, 0.4) is 0 Å². The molecule has 0 aliphatic heterocycles. The van der Waals surface area contributed by atoms with Gasteiger partial charge in [-0.3, -0.25) is 4.79 Å². The molecule has 1 aliphatic carbocycles. The third-order valence-electron chi connectivity index (χ3n) is 4.04. The van der Waals surface area contributed by atoms with Crippen molar-refractivity contribution in [2.75, 3.05) is 0 Å². The highest BCUT2D eigenvalue weighted by atomic mass is 32.1. The van der Waals surface area contributed by atoms with Gasteiger partial charge in [0.1, 0.15) is 0 Å². The number of hydrogen-bond acceptors (Lipinski definition) is 3. The highest BCUT2D eigenvalue weighted by molar-refractivity contribution is 7.09. The van der Waals surface area contributed by atoms with E-state index < -0.39 is 5.97 Å². The Morgan fingerprint density at radius 2 is 1.91 bits per heavy atom. The first-order chi connectivity index (χ1) is 11.1. The summed E-state index contributed by atoms with van der Waals surface area (Å²) < 4.78 is 0. The Balaban J connectivity index is 1.57. The van der Waals surface area contributed by atoms with Crippen LogP contribution >= 0.6 is 11.3 Å². The smallest absolute Gasteiger partial charge is 0.335 e. The minimum atomic E-state index is -0.927. The molecule has 0 atom stereocenters. The summed E-state index contributed by atoms with van der Waals surface area (Å²) >= 11 is 1.68. The lowest BCUT2D eigenvalue weighted by Gasteiger charge is -2.22. The molecule has 120 valence electrons. The zero-order chi connectivity index (χ0) is 16.2. The molecule has 0 bridgehead atoms. The largest absolute Gasteiger partial charge is 0.478 e. The second kappa shape index (κ2) is 6.96. The van der Waals surface area contributed by atoms with E-state index in [9.17, 15) is 9.59 Å². The van der Waals surface area contributed by atoms with E-state index in [0.29, 0.717) is 25.4 Å². The van der Waals surface area contributed by atoms with Gasteiger partial charge >= 0.3 is 5.97 Å². The Bertz CT molecular complexity index is 675. The highest BCUT2D eigenvalue weighted by Gasteiger charge is 2.32. The van der Waals surface area contributed by atoms with E-state index in [1.807, 2.05) is 16.3 Å². The molecule has 0 radical (unpaired) electrons. The second-order valence-electron chi connectivity index (χ2n) is 5.83. The average Bonchev–Trinajstić information content (AvgIpc) is 3.26. The maximum atomic E-state index is 12.5. The van der Waals surface area contributed by atoms with Crippen LogP contribution in [0.5, 0.6) is 0 Å². The molecule has 2 aromatic rings. The lowest BCUT2D eigenvalue weighted by molar-refractivity contribution is -0.132. The van der Waals surface area contributed by atoms with Gasteiger partial charge < -0.3 is 10.0 Å². The summed E-state index contributed by atoms with van der Waals surface area (Å²) in [7, 11) is 0. The molecule has 5 heteroatoms. The molecule has 23 heavy (non-hydrogen) atoms. The monoisotopic (exact) mass is 329 g/mol. The zero-order valence-electron chi connectivity index (χ0n) is 12.8. The maximum Gasteiger partial charge on any atom is 0.335 e. The number of carbonyl (C=O) groups is 2. The lowest BCUT2D eigenvalue weighted by atomic mass is 10.1. The van der Waals surface area contributed by atoms with Crippen LogP contribution in [0.2, 0.25) is 0 Å². The first kappa shape index (κ1) is 15.7. The molecule has 1 amide bonds. The standard InChI is InChI=1S/C18H19NO3S/c20-17(10-5-13-3-6-14(7-4-13)18(21)22)19(15-8-9-15)12-16-2-1-11-23-16/h1-4,6-7,11,15H,5,8-10,12H2,(H,21,22). The van der Waals surface area contributed by atoms with Crippen molar-refractivity contribution >= 4 is 23.2 Å². The summed E-state index contributed by atoms with van der Waals surface area (Å²) in [6.07, 6.45) is 3.32. The van der Waals surface area contributed by atoms with Gasteiger partial charge in [0, 0.05) is 17.3 Å². The van der Waals surface area contributed by atoms with Crippen LogP contribution in [-0.2, 0) is 17.8 Å². The summed E-state index contributed by atoms with van der Waals surface area (Å²) in [5.74, 6) is -0.744. The number of carboxylic acids is 1. The van der Waals surface area contributed by atoms with Crippen molar-refractivity contribution in [1.29, 1.82) is 0 Å². The van der Waals surface area contributed by atoms with Crippen molar-refractivity contribution in [3.8, 4) is 0 Å². The van der Waals surface area contributed by atoms with E-state index in [-0.39, 0.29) is 11.5 Å². The zero-order valence-corrected chi connectivity index (χ0v) is 13.6. The molecule has 0 spiro atoms. The van der Waals surface area contributed by atoms with Gasteiger partial charge in [-0.2, -0.15) is 0 Å². The Hall–Kier alpha value is -2.14. The Kier molecular flexibility index (Phi) is 4.76. The Morgan fingerprint density at radius 1 is 1.17 bits per heavy atom. The Labute approximate surface area is 139 Å². The first-order valence-electron chi connectivity index (χ1n) is 7.77. The predicted octanol–water partition coefficient (Wildman–Crippen LogP) is 3.57. The molecule has 1 heterocycles. The van der Waals surface area contributed by atoms with Gasteiger partial charge in [-0.05, 0) is 48.4 Å². The van der Waals surface area contributed by atoms with E-state index in [1.165, 1.54) is 4.88 Å². The molecule has 0 saturated heterocycles. The third-order valence-corrected chi connectivity index (χ3v) is 4.90. The normalized spacial score (nSPS) is 13.7. The van der Waals surface area contributed by atoms with Gasteiger partial charge in [0.15, 0.2) is 0 Å². The van der Waals surface area contributed by atoms with Gasteiger partial charge in [-0.15, -0.1) is 11.3 Å². The fourth-order valence-electron chi connectivity index (χ4n) is 2.59. The predicted molar refractivity (Wildman–Crippen MR) is 89.6 cm³/mol. The van der Waals surface area contributed by atoms with Crippen LogP contribution in [0, 0.1) is 0 Å². The second-order valence-corrected chi connectivity index (χ2v) is 6.87. The van der Waals surface area contributed by atoms with Crippen LogP contribution in [0.25, 0.3) is 0 Å². The first-order valence-corrected chi connectivity index (χ1v) is 8.65. The molecule has 1 fully saturated rings. The summed E-state index contributed by atoms with van der Waals surface area (Å²) in [6, 6.07) is 11.2. The number of carboxylic acid groups (broad SMARTS) is 1. The van der Waals surface area contributed by atoms with E-state index in [2.05, 4.69) is 6.07 Å². The van der Waals surface area contributed by atoms with E-state index >= 15 is 0 Å². The molecule has 1 saturated carbocycles. The van der Waals surface area contributed by atoms with Crippen LogP contribution in [0.1, 0.15) is 40.1 Å². The van der Waals surface area contributed by atoms with Crippen molar-refractivity contribution in [1.82, 2.24) is 4.90 Å². The van der Waals surface area contributed by atoms with Gasteiger partial charge in [0.25, 0.3) is 0 Å². The van der Waals surface area contributed by atoms with Crippen LogP contribution in [0.15, 0.2) is 41.8 Å². The van der Waals surface area contributed by atoms with E-state index in [0.717, 1.165) is 18.4 Å². The molecule has 0 unspecified atom stereocenters. The van der Waals surface area contributed by atoms with Crippen LogP contribution in [0.4, 0.5) is 0 Å². The number of hydrogen-bond donors (Lipinski definition) is 1.